The van der Waals surface area contributed by atoms with Crippen LogP contribution in [0.5, 0.6) is 0 Å². The predicted octanol–water partition coefficient (Wildman–Crippen LogP) is 3.71. The van der Waals surface area contributed by atoms with Gasteiger partial charge in [-0.05, 0) is 35.6 Å². The number of hydrogen-bond donors (Lipinski definition) is 0. The zero-order chi connectivity index (χ0) is 8.39. The van der Waals surface area contributed by atoms with Crippen molar-refractivity contribution in [3.63, 3.8) is 0 Å². The Bertz CT molecular complexity index is 348. The summed E-state index contributed by atoms with van der Waals surface area (Å²) in [6.07, 6.45) is 4.31. The molecule has 60 valence electrons. The van der Waals surface area contributed by atoms with E-state index in [0.717, 1.165) is 0 Å². The van der Waals surface area contributed by atoms with Crippen LogP contribution in [0, 0.1) is 0 Å². The summed E-state index contributed by atoms with van der Waals surface area (Å²) in [5.74, 6) is 0. The molecular weight excluding hydrogens is 164 g/mol. The van der Waals surface area contributed by atoms with Gasteiger partial charge in [-0.25, -0.2) is 0 Å². The lowest BCUT2D eigenvalue weighted by molar-refractivity contribution is 1.40. The van der Waals surface area contributed by atoms with E-state index in [1.807, 2.05) is 0 Å². The molecular formula is C11H10S. The predicted molar refractivity (Wildman–Crippen MR) is 55.1 cm³/mol. The molecule has 0 amide bonds. The normalized spacial score (nSPS) is 17.9. The second-order valence-electron chi connectivity index (χ2n) is 2.66. The molecule has 0 saturated carbocycles. The van der Waals surface area contributed by atoms with Gasteiger partial charge in [0.1, 0.15) is 0 Å². The first-order chi connectivity index (χ1) is 5.92. The molecule has 0 nitrogen and oxygen atoms in total. The minimum absolute atomic E-state index is 1.32. The zero-order valence-electron chi connectivity index (χ0n) is 6.95. The maximum Gasteiger partial charge on any atom is 0.0194 e. The molecule has 0 N–H and O–H groups in total. The van der Waals surface area contributed by atoms with Crippen molar-refractivity contribution in [2.75, 3.05) is 0 Å². The van der Waals surface area contributed by atoms with Gasteiger partial charge in [0, 0.05) is 4.90 Å². The highest BCUT2D eigenvalue weighted by Gasteiger charge is 2.07. The van der Waals surface area contributed by atoms with E-state index in [4.69, 9.17) is 0 Å². The first kappa shape index (κ1) is 7.69. The molecule has 1 aliphatic heterocycles. The van der Waals surface area contributed by atoms with E-state index < -0.39 is 0 Å². The Morgan fingerprint density at radius 2 is 2.08 bits per heavy atom. The molecule has 0 aromatic heterocycles. The lowest BCUT2D eigenvalue weighted by Crippen LogP contribution is -1.87. The van der Waals surface area contributed by atoms with E-state index in [1.54, 1.807) is 11.8 Å². The quantitative estimate of drug-likeness (QED) is 0.577. The van der Waals surface area contributed by atoms with Crippen molar-refractivity contribution in [1.82, 2.24) is 0 Å². The molecule has 1 heteroatoms. The van der Waals surface area contributed by atoms with Crippen LogP contribution in [0.1, 0.15) is 12.5 Å². The van der Waals surface area contributed by atoms with Crippen LogP contribution < -0.4 is 0 Å². The molecule has 1 aromatic carbocycles. The molecule has 0 atom stereocenters. The third-order valence-corrected chi connectivity index (χ3v) is 2.83. The van der Waals surface area contributed by atoms with Gasteiger partial charge in [0.25, 0.3) is 0 Å². The Morgan fingerprint density at radius 1 is 1.25 bits per heavy atom. The van der Waals surface area contributed by atoms with Crippen LogP contribution in [0.2, 0.25) is 0 Å². The smallest absolute Gasteiger partial charge is 0.0194 e. The summed E-state index contributed by atoms with van der Waals surface area (Å²) in [4.78, 5) is 1.35. The van der Waals surface area contributed by atoms with E-state index in [0.29, 0.717) is 0 Å². The van der Waals surface area contributed by atoms with Crippen LogP contribution in [-0.4, -0.2) is 0 Å². The number of rotatable bonds is 0. The van der Waals surface area contributed by atoms with Gasteiger partial charge in [-0.15, -0.1) is 0 Å². The number of thioether (sulfide) groups is 1. The topological polar surface area (TPSA) is 0 Å². The highest BCUT2D eigenvalue weighted by molar-refractivity contribution is 8.02. The van der Waals surface area contributed by atoms with Crippen LogP contribution >= 0.6 is 11.8 Å². The number of allylic oxidation sites excluding steroid dienone is 3. The fourth-order valence-corrected chi connectivity index (χ4v) is 2.16. The van der Waals surface area contributed by atoms with Gasteiger partial charge in [0.05, 0.1) is 0 Å². The van der Waals surface area contributed by atoms with E-state index in [9.17, 15) is 0 Å². The van der Waals surface area contributed by atoms with Gasteiger partial charge in [0.15, 0.2) is 0 Å². The van der Waals surface area contributed by atoms with Crippen LogP contribution in [0.3, 0.4) is 0 Å². The van der Waals surface area contributed by atoms with Crippen LogP contribution in [0.4, 0.5) is 0 Å². The van der Waals surface area contributed by atoms with Crippen molar-refractivity contribution < 1.29 is 0 Å². The van der Waals surface area contributed by atoms with E-state index in [1.165, 1.54) is 16.0 Å². The van der Waals surface area contributed by atoms with Gasteiger partial charge in [-0.1, -0.05) is 36.0 Å². The van der Waals surface area contributed by atoms with Crippen LogP contribution in [0.25, 0.3) is 5.57 Å². The van der Waals surface area contributed by atoms with Crippen molar-refractivity contribution in [3.05, 3.63) is 47.4 Å². The molecule has 0 bridgehead atoms. The number of fused-ring (bicyclic) bond motifs is 1. The summed E-state index contributed by atoms with van der Waals surface area (Å²) in [6.45, 7) is 2.08. The Hall–Kier alpha value is -0.950. The summed E-state index contributed by atoms with van der Waals surface area (Å²) < 4.78 is 0. The fraction of sp³-hybridized carbons (Fsp3) is 0.0909. The van der Waals surface area contributed by atoms with Gasteiger partial charge in [0.2, 0.25) is 0 Å². The minimum atomic E-state index is 1.32. The van der Waals surface area contributed by atoms with E-state index in [2.05, 4.69) is 48.7 Å². The molecule has 1 aromatic rings. The highest BCUT2D eigenvalue weighted by Crippen LogP contribution is 2.34. The molecule has 0 spiro atoms. The maximum atomic E-state index is 2.17. The third-order valence-electron chi connectivity index (χ3n) is 1.95. The molecule has 0 radical (unpaired) electrons. The second-order valence-corrected chi connectivity index (χ2v) is 3.61. The molecule has 0 aliphatic carbocycles. The molecule has 0 unspecified atom stereocenters. The fourth-order valence-electron chi connectivity index (χ4n) is 1.33. The summed E-state index contributed by atoms with van der Waals surface area (Å²) >= 11 is 1.79. The Kier molecular flexibility index (Phi) is 2.05. The van der Waals surface area contributed by atoms with Crippen molar-refractivity contribution in [2.45, 2.75) is 11.8 Å². The van der Waals surface area contributed by atoms with Crippen molar-refractivity contribution in [1.29, 1.82) is 0 Å². The Labute approximate surface area is 77.0 Å². The summed E-state index contributed by atoms with van der Waals surface area (Å²) in [6, 6.07) is 8.49. The van der Waals surface area contributed by atoms with Crippen molar-refractivity contribution in [3.8, 4) is 0 Å². The largest absolute Gasteiger partial charge is 0.0974 e. The lowest BCUT2D eigenvalue weighted by atomic mass is 10.1. The molecule has 0 saturated heterocycles. The van der Waals surface area contributed by atoms with Gasteiger partial charge >= 0.3 is 0 Å². The van der Waals surface area contributed by atoms with E-state index in [-0.39, 0.29) is 0 Å². The zero-order valence-corrected chi connectivity index (χ0v) is 7.77. The Morgan fingerprint density at radius 3 is 2.92 bits per heavy atom. The van der Waals surface area contributed by atoms with Crippen molar-refractivity contribution in [2.24, 2.45) is 0 Å². The van der Waals surface area contributed by atoms with Gasteiger partial charge in [-0.2, -0.15) is 0 Å². The molecule has 1 aliphatic rings. The van der Waals surface area contributed by atoms with Crippen LogP contribution in [0.15, 0.2) is 46.7 Å². The molecule has 0 fully saturated rings. The SMILES string of the molecule is C/C=C1/C=CSc2ccccc21. The minimum Gasteiger partial charge on any atom is -0.0974 e. The standard InChI is InChI=1S/C11H10S/c1-2-9-7-8-12-11-6-4-3-5-10(9)11/h2-8H,1H3/b9-2-. The summed E-state index contributed by atoms with van der Waals surface area (Å²) in [5, 5.41) is 2.14. The summed E-state index contributed by atoms with van der Waals surface area (Å²) in [5.41, 5.74) is 2.68. The molecule has 1 heterocycles. The maximum absolute atomic E-state index is 2.17. The first-order valence-corrected chi connectivity index (χ1v) is 4.88. The second kappa shape index (κ2) is 3.20. The average molecular weight is 174 g/mol. The number of hydrogen-bond acceptors (Lipinski definition) is 1. The first-order valence-electron chi connectivity index (χ1n) is 4.01. The summed E-state index contributed by atoms with van der Waals surface area (Å²) in [7, 11) is 0. The monoisotopic (exact) mass is 174 g/mol. The lowest BCUT2D eigenvalue weighted by Gasteiger charge is -2.11. The highest BCUT2D eigenvalue weighted by atomic mass is 32.2. The van der Waals surface area contributed by atoms with Crippen LogP contribution in [-0.2, 0) is 0 Å². The van der Waals surface area contributed by atoms with Gasteiger partial charge < -0.3 is 0 Å². The molecule has 2 rings (SSSR count). The third kappa shape index (κ3) is 1.21. The van der Waals surface area contributed by atoms with Crippen molar-refractivity contribution >= 4 is 17.3 Å². The number of benzene rings is 1. The average Bonchev–Trinajstić information content (AvgIpc) is 2.17. The molecule has 12 heavy (non-hydrogen) atoms. The van der Waals surface area contributed by atoms with E-state index >= 15 is 0 Å². The Balaban J connectivity index is 2.58. The van der Waals surface area contributed by atoms with Gasteiger partial charge in [-0.3, -0.25) is 0 Å².